The molecule has 1 aliphatic rings. The van der Waals surface area contributed by atoms with Gasteiger partial charge in [-0.1, -0.05) is 0 Å². The van der Waals surface area contributed by atoms with Gasteiger partial charge in [-0.3, -0.25) is 9.78 Å². The summed E-state index contributed by atoms with van der Waals surface area (Å²) in [4.78, 5) is 22.7. The molecule has 0 radical (unpaired) electrons. The van der Waals surface area contributed by atoms with Crippen LogP contribution in [-0.4, -0.2) is 20.5 Å². The molecule has 134 valence electrons. The van der Waals surface area contributed by atoms with E-state index in [9.17, 15) is 4.79 Å². The van der Waals surface area contributed by atoms with Gasteiger partial charge in [-0.15, -0.1) is 23.1 Å². The van der Waals surface area contributed by atoms with E-state index in [4.69, 9.17) is 0 Å². The van der Waals surface area contributed by atoms with Crippen molar-refractivity contribution in [2.75, 3.05) is 5.32 Å². The van der Waals surface area contributed by atoms with Crippen LogP contribution in [0.5, 0.6) is 0 Å². The summed E-state index contributed by atoms with van der Waals surface area (Å²) in [5.41, 5.74) is 6.30. The molecule has 0 spiro atoms. The highest BCUT2D eigenvalue weighted by Gasteiger charge is 2.40. The summed E-state index contributed by atoms with van der Waals surface area (Å²) in [5.74, 6) is 0.144. The molecule has 0 atom stereocenters. The van der Waals surface area contributed by atoms with Gasteiger partial charge in [-0.05, 0) is 60.1 Å². The van der Waals surface area contributed by atoms with Crippen LogP contribution in [0.15, 0.2) is 51.4 Å². The van der Waals surface area contributed by atoms with Crippen molar-refractivity contribution in [1.82, 2.24) is 9.97 Å². The number of carbonyl (C=O) groups excluding carboxylic acids is 1. The van der Waals surface area contributed by atoms with E-state index < -0.39 is 4.75 Å². The van der Waals surface area contributed by atoms with Crippen molar-refractivity contribution in [1.29, 1.82) is 0 Å². The lowest BCUT2D eigenvalue weighted by Gasteiger charge is -2.12. The first-order chi connectivity index (χ1) is 12.9. The molecule has 1 N–H and O–H groups in total. The first-order valence-electron chi connectivity index (χ1n) is 8.39. The number of Topliss-reactive ketones (excluding diaryl/α,β-unsaturated/α-hetero) is 1. The van der Waals surface area contributed by atoms with Crippen LogP contribution in [0.1, 0.15) is 24.2 Å². The van der Waals surface area contributed by atoms with Gasteiger partial charge >= 0.3 is 0 Å². The van der Waals surface area contributed by atoms with E-state index in [1.54, 1.807) is 29.3 Å². The summed E-state index contributed by atoms with van der Waals surface area (Å²) in [6.45, 7) is 3.93. The number of halogens is 1. The number of hydrogen-bond donors (Lipinski definition) is 1. The van der Waals surface area contributed by atoms with Crippen molar-refractivity contribution in [3.63, 3.8) is 0 Å². The minimum absolute atomic E-state index is 0.144. The third-order valence-corrected chi connectivity index (χ3v) is 7.51. The molecule has 0 saturated heterocycles. The van der Waals surface area contributed by atoms with E-state index in [1.807, 2.05) is 31.5 Å². The topological polar surface area (TPSA) is 54.9 Å². The van der Waals surface area contributed by atoms with Crippen LogP contribution < -0.4 is 5.32 Å². The lowest BCUT2D eigenvalue weighted by Crippen LogP contribution is -2.22. The van der Waals surface area contributed by atoms with Crippen LogP contribution in [0.3, 0.4) is 0 Å². The number of benzene rings is 2. The Morgan fingerprint density at radius 2 is 2.00 bits per heavy atom. The Labute approximate surface area is 172 Å². The van der Waals surface area contributed by atoms with Crippen LogP contribution in [0, 0.1) is 0 Å². The Balaban J connectivity index is 1.66. The Morgan fingerprint density at radius 3 is 2.85 bits per heavy atom. The molecule has 4 nitrogen and oxygen atoms in total. The standard InChI is InChI=1S/C20H14BrN3OS2/c1-20(2)19(25)16-15(27-20)8-11-12(5-6-22-18(11)17(16)21)24-10-3-4-14-13(7-10)23-9-26-14/h3-9H,1-2H3,(H,22,24). The van der Waals surface area contributed by atoms with Crippen molar-refractivity contribution in [3.05, 3.63) is 52.1 Å². The van der Waals surface area contributed by atoms with Gasteiger partial charge < -0.3 is 5.32 Å². The minimum Gasteiger partial charge on any atom is -0.355 e. The smallest absolute Gasteiger partial charge is 0.181 e. The van der Waals surface area contributed by atoms with Crippen molar-refractivity contribution in [2.45, 2.75) is 23.5 Å². The van der Waals surface area contributed by atoms with Crippen LogP contribution >= 0.6 is 39.0 Å². The summed E-state index contributed by atoms with van der Waals surface area (Å²) in [6.07, 6.45) is 1.76. The number of rotatable bonds is 2. The van der Waals surface area contributed by atoms with E-state index >= 15 is 0 Å². The van der Waals surface area contributed by atoms with E-state index in [2.05, 4.69) is 49.4 Å². The summed E-state index contributed by atoms with van der Waals surface area (Å²) < 4.78 is 1.49. The van der Waals surface area contributed by atoms with E-state index in [1.165, 1.54) is 0 Å². The zero-order valence-corrected chi connectivity index (χ0v) is 17.8. The molecule has 0 aliphatic carbocycles. The molecule has 1 aliphatic heterocycles. The van der Waals surface area contributed by atoms with Gasteiger partial charge in [0.1, 0.15) is 0 Å². The maximum atomic E-state index is 12.8. The zero-order chi connectivity index (χ0) is 18.8. The predicted molar refractivity (Wildman–Crippen MR) is 117 cm³/mol. The normalized spacial score (nSPS) is 15.4. The van der Waals surface area contributed by atoms with Crippen LogP contribution in [-0.2, 0) is 0 Å². The van der Waals surface area contributed by atoms with Gasteiger partial charge in [0.25, 0.3) is 0 Å². The van der Waals surface area contributed by atoms with Crippen LogP contribution in [0.4, 0.5) is 11.4 Å². The Morgan fingerprint density at radius 1 is 1.15 bits per heavy atom. The summed E-state index contributed by atoms with van der Waals surface area (Å²) in [5, 5.41) is 4.47. The lowest BCUT2D eigenvalue weighted by atomic mass is 9.99. The number of anilines is 2. The molecule has 0 unspecified atom stereocenters. The quantitative estimate of drug-likeness (QED) is 0.377. The monoisotopic (exact) mass is 455 g/mol. The number of nitrogens with zero attached hydrogens (tertiary/aromatic N) is 2. The number of hydrogen-bond acceptors (Lipinski definition) is 6. The second-order valence-electron chi connectivity index (χ2n) is 6.92. The fraction of sp³-hybridized carbons (Fsp3) is 0.150. The fourth-order valence-electron chi connectivity index (χ4n) is 3.34. The van der Waals surface area contributed by atoms with Gasteiger partial charge in [0.15, 0.2) is 5.78 Å². The molecule has 0 bridgehead atoms. The molecule has 0 amide bonds. The second-order valence-corrected chi connectivity index (χ2v) is 10.3. The number of pyridine rings is 1. The van der Waals surface area contributed by atoms with Crippen molar-refractivity contribution >= 4 is 77.3 Å². The maximum absolute atomic E-state index is 12.8. The number of thioether (sulfide) groups is 1. The van der Waals surface area contributed by atoms with Crippen molar-refractivity contribution in [3.8, 4) is 0 Å². The fourth-order valence-corrected chi connectivity index (χ4v) is 6.06. The van der Waals surface area contributed by atoms with Crippen LogP contribution in [0.2, 0.25) is 0 Å². The number of ketones is 1. The minimum atomic E-state index is -0.453. The van der Waals surface area contributed by atoms with Gasteiger partial charge in [-0.2, -0.15) is 0 Å². The largest absolute Gasteiger partial charge is 0.355 e. The number of carbonyl (C=O) groups is 1. The van der Waals surface area contributed by atoms with Gasteiger partial charge in [0, 0.05) is 33.4 Å². The highest BCUT2D eigenvalue weighted by Crippen LogP contribution is 2.49. The SMILES string of the molecule is CC1(C)Sc2cc3c(Nc4ccc5scnc5c4)ccnc3c(Br)c2C1=O. The second kappa shape index (κ2) is 6.02. The zero-order valence-electron chi connectivity index (χ0n) is 14.5. The highest BCUT2D eigenvalue weighted by atomic mass is 79.9. The maximum Gasteiger partial charge on any atom is 0.181 e. The Bertz CT molecular complexity index is 1250. The van der Waals surface area contributed by atoms with Gasteiger partial charge in [0.2, 0.25) is 0 Å². The van der Waals surface area contributed by atoms with E-state index in [0.717, 1.165) is 47.4 Å². The lowest BCUT2D eigenvalue weighted by molar-refractivity contribution is 0.0960. The number of thiazole rings is 1. The average Bonchev–Trinajstić information content (AvgIpc) is 3.18. The molecule has 0 fully saturated rings. The van der Waals surface area contributed by atoms with Crippen molar-refractivity contribution in [2.24, 2.45) is 0 Å². The van der Waals surface area contributed by atoms with Crippen LogP contribution in [0.25, 0.3) is 21.1 Å². The third kappa shape index (κ3) is 2.68. The molecule has 0 saturated carbocycles. The predicted octanol–water partition coefficient (Wildman–Crippen LogP) is 6.42. The first-order valence-corrected chi connectivity index (χ1v) is 10.9. The highest BCUT2D eigenvalue weighted by molar-refractivity contribution is 9.10. The summed E-state index contributed by atoms with van der Waals surface area (Å²) >= 11 is 6.87. The molecule has 7 heteroatoms. The number of aromatic nitrogens is 2. The van der Waals surface area contributed by atoms with E-state index in [-0.39, 0.29) is 5.78 Å². The van der Waals surface area contributed by atoms with Gasteiger partial charge in [-0.25, -0.2) is 4.98 Å². The molecule has 4 aromatic rings. The Hall–Kier alpha value is -1.96. The molecule has 27 heavy (non-hydrogen) atoms. The summed E-state index contributed by atoms with van der Waals surface area (Å²) in [7, 11) is 0. The molecule has 2 aromatic heterocycles. The number of fused-ring (bicyclic) bond motifs is 3. The van der Waals surface area contributed by atoms with E-state index in [0.29, 0.717) is 0 Å². The third-order valence-electron chi connectivity index (χ3n) is 4.69. The van der Waals surface area contributed by atoms with Gasteiger partial charge in [0.05, 0.1) is 30.5 Å². The molecule has 5 rings (SSSR count). The molecular weight excluding hydrogens is 442 g/mol. The molecule has 3 heterocycles. The Kier molecular flexibility index (Phi) is 3.83. The van der Waals surface area contributed by atoms with Crippen molar-refractivity contribution < 1.29 is 4.79 Å². The summed E-state index contributed by atoms with van der Waals surface area (Å²) in [6, 6.07) is 10.2. The average molecular weight is 456 g/mol. The number of nitrogens with one attached hydrogen (secondary N) is 1. The first kappa shape index (κ1) is 17.2. The molecule has 2 aromatic carbocycles. The molecular formula is C20H14BrN3OS2.